The van der Waals surface area contributed by atoms with E-state index < -0.39 is 0 Å². The molecular formula is C16H32N4. The first-order valence-electron chi connectivity index (χ1n) is 8.14. The molecule has 0 atom stereocenters. The van der Waals surface area contributed by atoms with Gasteiger partial charge in [-0.15, -0.1) is 0 Å². The van der Waals surface area contributed by atoms with E-state index in [9.17, 15) is 0 Å². The van der Waals surface area contributed by atoms with Gasteiger partial charge in [-0.05, 0) is 27.2 Å². The van der Waals surface area contributed by atoms with Gasteiger partial charge in [0.2, 0.25) is 0 Å². The van der Waals surface area contributed by atoms with E-state index in [-0.39, 0.29) is 5.54 Å². The first-order chi connectivity index (χ1) is 9.51. The van der Waals surface area contributed by atoms with Crippen LogP contribution in [0.5, 0.6) is 0 Å². The summed E-state index contributed by atoms with van der Waals surface area (Å²) in [7, 11) is 0. The molecule has 1 aromatic rings. The summed E-state index contributed by atoms with van der Waals surface area (Å²) < 4.78 is 1.98. The normalized spacial score (nSPS) is 12.0. The summed E-state index contributed by atoms with van der Waals surface area (Å²) >= 11 is 0. The van der Waals surface area contributed by atoms with Crippen molar-refractivity contribution in [1.82, 2.24) is 20.1 Å². The minimum absolute atomic E-state index is 0.115. The lowest BCUT2D eigenvalue weighted by Gasteiger charge is -2.19. The fourth-order valence-corrected chi connectivity index (χ4v) is 2.10. The van der Waals surface area contributed by atoms with Crippen molar-refractivity contribution in [2.45, 2.75) is 91.3 Å². The van der Waals surface area contributed by atoms with Crippen molar-refractivity contribution in [3.8, 4) is 0 Å². The van der Waals surface area contributed by atoms with Gasteiger partial charge in [0.05, 0.1) is 6.54 Å². The summed E-state index contributed by atoms with van der Waals surface area (Å²) in [6.07, 6.45) is 11.2. The van der Waals surface area contributed by atoms with Gasteiger partial charge in [0, 0.05) is 12.1 Å². The molecular weight excluding hydrogens is 248 g/mol. The van der Waals surface area contributed by atoms with Crippen molar-refractivity contribution in [2.75, 3.05) is 0 Å². The topological polar surface area (TPSA) is 42.7 Å². The Labute approximate surface area is 124 Å². The molecule has 1 aromatic heterocycles. The maximum Gasteiger partial charge on any atom is 0.164 e. The lowest BCUT2D eigenvalue weighted by Crippen LogP contribution is -2.35. The first kappa shape index (κ1) is 17.2. The summed E-state index contributed by atoms with van der Waals surface area (Å²) in [5, 5.41) is 7.91. The smallest absolute Gasteiger partial charge is 0.164 e. The molecule has 1 rings (SSSR count). The zero-order valence-electron chi connectivity index (χ0n) is 13.8. The molecule has 0 bridgehead atoms. The molecule has 116 valence electrons. The van der Waals surface area contributed by atoms with E-state index in [1.807, 2.05) is 11.0 Å². The number of rotatable bonds is 10. The van der Waals surface area contributed by atoms with Crippen LogP contribution in [0.15, 0.2) is 6.33 Å². The molecule has 0 fully saturated rings. The van der Waals surface area contributed by atoms with Crippen LogP contribution in [0.1, 0.15) is 78.5 Å². The van der Waals surface area contributed by atoms with Gasteiger partial charge in [0.25, 0.3) is 0 Å². The van der Waals surface area contributed by atoms with Crippen molar-refractivity contribution in [2.24, 2.45) is 0 Å². The number of unbranched alkanes of at least 4 members (excludes halogenated alkanes) is 6. The number of aromatic nitrogens is 3. The second kappa shape index (κ2) is 9.11. The van der Waals surface area contributed by atoms with Crippen molar-refractivity contribution >= 4 is 0 Å². The Morgan fingerprint density at radius 3 is 2.35 bits per heavy atom. The van der Waals surface area contributed by atoms with E-state index in [2.05, 4.69) is 43.1 Å². The highest BCUT2D eigenvalue weighted by molar-refractivity contribution is 4.83. The van der Waals surface area contributed by atoms with E-state index in [1.165, 1.54) is 44.9 Å². The van der Waals surface area contributed by atoms with Crippen molar-refractivity contribution in [3.63, 3.8) is 0 Å². The third kappa shape index (κ3) is 8.31. The Balaban J connectivity index is 2.11. The Morgan fingerprint density at radius 1 is 1.05 bits per heavy atom. The maximum absolute atomic E-state index is 4.50. The molecule has 1 heterocycles. The van der Waals surface area contributed by atoms with E-state index in [1.54, 1.807) is 0 Å². The number of nitrogens with zero attached hydrogens (tertiary/aromatic N) is 3. The fourth-order valence-electron chi connectivity index (χ4n) is 2.10. The second-order valence-electron chi connectivity index (χ2n) is 6.65. The van der Waals surface area contributed by atoms with E-state index in [0.29, 0.717) is 0 Å². The highest BCUT2D eigenvalue weighted by Crippen LogP contribution is 2.07. The average Bonchev–Trinajstić information content (AvgIpc) is 2.82. The van der Waals surface area contributed by atoms with Crippen LogP contribution in [0.3, 0.4) is 0 Å². The molecule has 0 saturated heterocycles. The molecule has 0 saturated carbocycles. The monoisotopic (exact) mass is 280 g/mol. The lowest BCUT2D eigenvalue weighted by atomic mass is 10.1. The maximum atomic E-state index is 4.50. The Bertz CT molecular complexity index is 352. The van der Waals surface area contributed by atoms with Crippen molar-refractivity contribution in [3.05, 3.63) is 12.2 Å². The third-order valence-corrected chi connectivity index (χ3v) is 3.35. The molecule has 0 aliphatic carbocycles. The highest BCUT2D eigenvalue weighted by Gasteiger charge is 2.10. The Kier molecular flexibility index (Phi) is 7.82. The number of aryl methyl sites for hydroxylation is 1. The zero-order chi connectivity index (χ0) is 14.8. The minimum Gasteiger partial charge on any atom is -0.305 e. The van der Waals surface area contributed by atoms with E-state index in [4.69, 9.17) is 0 Å². The van der Waals surface area contributed by atoms with E-state index >= 15 is 0 Å². The SMILES string of the molecule is CCCCCCCCCn1cnc(CNC(C)(C)C)n1. The molecule has 0 unspecified atom stereocenters. The average molecular weight is 280 g/mol. The minimum atomic E-state index is 0.115. The predicted octanol–water partition coefficient (Wildman–Crippen LogP) is 3.92. The summed E-state index contributed by atoms with van der Waals surface area (Å²) in [6, 6.07) is 0. The van der Waals surface area contributed by atoms with Gasteiger partial charge in [-0.3, -0.25) is 4.68 Å². The van der Waals surface area contributed by atoms with Gasteiger partial charge in [0.15, 0.2) is 5.82 Å². The molecule has 0 spiro atoms. The van der Waals surface area contributed by atoms with E-state index in [0.717, 1.165) is 18.9 Å². The summed E-state index contributed by atoms with van der Waals surface area (Å²) in [6.45, 7) is 10.5. The number of hydrogen-bond donors (Lipinski definition) is 1. The second-order valence-corrected chi connectivity index (χ2v) is 6.65. The quantitative estimate of drug-likeness (QED) is 0.661. The van der Waals surface area contributed by atoms with Gasteiger partial charge >= 0.3 is 0 Å². The molecule has 0 aromatic carbocycles. The first-order valence-corrected chi connectivity index (χ1v) is 8.14. The van der Waals surface area contributed by atoms with Crippen LogP contribution in [0.25, 0.3) is 0 Å². The fraction of sp³-hybridized carbons (Fsp3) is 0.875. The summed E-state index contributed by atoms with van der Waals surface area (Å²) in [5.74, 6) is 0.892. The van der Waals surface area contributed by atoms with Crippen LogP contribution < -0.4 is 5.32 Å². The molecule has 0 aliphatic heterocycles. The lowest BCUT2D eigenvalue weighted by molar-refractivity contribution is 0.416. The van der Waals surface area contributed by atoms with Crippen molar-refractivity contribution < 1.29 is 0 Å². The van der Waals surface area contributed by atoms with Crippen LogP contribution >= 0.6 is 0 Å². The summed E-state index contributed by atoms with van der Waals surface area (Å²) in [4.78, 5) is 4.35. The van der Waals surface area contributed by atoms with Crippen LogP contribution in [-0.2, 0) is 13.1 Å². The molecule has 20 heavy (non-hydrogen) atoms. The molecule has 0 radical (unpaired) electrons. The van der Waals surface area contributed by atoms with Gasteiger partial charge in [-0.25, -0.2) is 4.98 Å². The predicted molar refractivity (Wildman–Crippen MR) is 84.6 cm³/mol. The molecule has 4 heteroatoms. The summed E-state index contributed by atoms with van der Waals surface area (Å²) in [5.41, 5.74) is 0.115. The number of hydrogen-bond acceptors (Lipinski definition) is 3. The number of nitrogens with one attached hydrogen (secondary N) is 1. The van der Waals surface area contributed by atoms with Crippen molar-refractivity contribution in [1.29, 1.82) is 0 Å². The Hall–Kier alpha value is -0.900. The molecule has 0 aliphatic rings. The van der Waals surface area contributed by atoms with Crippen LogP contribution in [0.4, 0.5) is 0 Å². The Morgan fingerprint density at radius 2 is 1.70 bits per heavy atom. The van der Waals surface area contributed by atoms with Crippen LogP contribution in [-0.4, -0.2) is 20.3 Å². The zero-order valence-corrected chi connectivity index (χ0v) is 13.8. The largest absolute Gasteiger partial charge is 0.305 e. The van der Waals surface area contributed by atoms with Gasteiger partial charge in [-0.1, -0.05) is 45.4 Å². The van der Waals surface area contributed by atoms with Gasteiger partial charge < -0.3 is 5.32 Å². The molecule has 4 nitrogen and oxygen atoms in total. The highest BCUT2D eigenvalue weighted by atomic mass is 15.3. The van der Waals surface area contributed by atoms with Crippen LogP contribution in [0, 0.1) is 0 Å². The third-order valence-electron chi connectivity index (χ3n) is 3.35. The van der Waals surface area contributed by atoms with Gasteiger partial charge in [0.1, 0.15) is 6.33 Å². The molecule has 0 amide bonds. The van der Waals surface area contributed by atoms with Crippen LogP contribution in [0.2, 0.25) is 0 Å². The van der Waals surface area contributed by atoms with Gasteiger partial charge in [-0.2, -0.15) is 5.10 Å². The molecule has 1 N–H and O–H groups in total. The standard InChI is InChI=1S/C16H32N4/c1-5-6-7-8-9-10-11-12-20-14-17-15(19-20)13-18-16(2,3)4/h14,18H,5-13H2,1-4H3.